The first-order valence-corrected chi connectivity index (χ1v) is 7.99. The normalized spacial score (nSPS) is 15.7. The van der Waals surface area contributed by atoms with Gasteiger partial charge in [-0.3, -0.25) is 9.89 Å². The molecule has 122 valence electrons. The van der Waals surface area contributed by atoms with Crippen LogP contribution in [0.5, 0.6) is 0 Å². The molecule has 23 heavy (non-hydrogen) atoms. The second-order valence-electron chi connectivity index (χ2n) is 6.32. The van der Waals surface area contributed by atoms with E-state index in [1.54, 1.807) is 25.2 Å². The van der Waals surface area contributed by atoms with Crippen LogP contribution in [0.3, 0.4) is 0 Å². The summed E-state index contributed by atoms with van der Waals surface area (Å²) in [6.07, 6.45) is 5.82. The van der Waals surface area contributed by atoms with Crippen LogP contribution in [0, 0.1) is 6.92 Å². The van der Waals surface area contributed by atoms with E-state index in [9.17, 15) is 4.79 Å². The van der Waals surface area contributed by atoms with Crippen LogP contribution in [-0.4, -0.2) is 53.2 Å². The molecule has 2 aromatic heterocycles. The molecule has 0 aliphatic carbocycles. The molecule has 0 unspecified atom stereocenters. The molecule has 2 aromatic rings. The molecule has 0 radical (unpaired) electrons. The number of carbonyl (C=O) groups is 1. The van der Waals surface area contributed by atoms with Crippen molar-refractivity contribution in [1.82, 2.24) is 20.1 Å². The molecule has 6 heteroatoms. The minimum Gasteiger partial charge on any atom is -0.357 e. The first kappa shape index (κ1) is 15.5. The summed E-state index contributed by atoms with van der Waals surface area (Å²) in [5, 5.41) is 7.15. The zero-order valence-electron chi connectivity index (χ0n) is 13.9. The van der Waals surface area contributed by atoms with E-state index in [0.29, 0.717) is 11.5 Å². The van der Waals surface area contributed by atoms with Gasteiger partial charge >= 0.3 is 0 Å². The van der Waals surface area contributed by atoms with Crippen molar-refractivity contribution < 1.29 is 4.79 Å². The maximum Gasteiger partial charge on any atom is 0.254 e. The fourth-order valence-electron chi connectivity index (χ4n) is 3.15. The first-order chi connectivity index (χ1) is 11.1. The minimum absolute atomic E-state index is 0.0156. The number of anilines is 1. The van der Waals surface area contributed by atoms with Gasteiger partial charge in [0.05, 0.1) is 11.8 Å². The minimum atomic E-state index is -0.0156. The molecule has 0 aromatic carbocycles. The number of nitrogens with one attached hydrogen (secondary N) is 1. The monoisotopic (exact) mass is 313 g/mol. The first-order valence-electron chi connectivity index (χ1n) is 7.99. The number of hydrogen-bond donors (Lipinski definition) is 1. The van der Waals surface area contributed by atoms with Gasteiger partial charge in [0.2, 0.25) is 0 Å². The molecule has 0 spiro atoms. The number of amides is 1. The third kappa shape index (κ3) is 3.21. The number of aromatic amines is 1. The van der Waals surface area contributed by atoms with Gasteiger partial charge in [0.25, 0.3) is 5.91 Å². The predicted octanol–water partition coefficient (Wildman–Crippen LogP) is 2.20. The van der Waals surface area contributed by atoms with Crippen molar-refractivity contribution >= 4 is 11.7 Å². The van der Waals surface area contributed by atoms with Crippen molar-refractivity contribution in [2.75, 3.05) is 32.1 Å². The highest BCUT2D eigenvalue weighted by Gasteiger charge is 2.23. The largest absolute Gasteiger partial charge is 0.357 e. The fraction of sp³-hybridized carbons (Fsp3) is 0.471. The highest BCUT2D eigenvalue weighted by molar-refractivity contribution is 5.93. The van der Waals surface area contributed by atoms with Crippen LogP contribution in [0.15, 0.2) is 24.5 Å². The molecule has 1 fully saturated rings. The average Bonchev–Trinajstić information content (AvgIpc) is 3.00. The molecule has 1 amide bonds. The second-order valence-corrected chi connectivity index (χ2v) is 6.32. The molecule has 1 aliphatic heterocycles. The van der Waals surface area contributed by atoms with Gasteiger partial charge in [-0.25, -0.2) is 4.98 Å². The fourth-order valence-corrected chi connectivity index (χ4v) is 3.15. The summed E-state index contributed by atoms with van der Waals surface area (Å²) in [4.78, 5) is 20.2. The number of nitrogens with zero attached hydrogens (tertiary/aromatic N) is 4. The smallest absolute Gasteiger partial charge is 0.254 e. The molecule has 0 saturated carbocycles. The molecular formula is C17H23N5O. The zero-order valence-corrected chi connectivity index (χ0v) is 13.9. The van der Waals surface area contributed by atoms with Gasteiger partial charge in [0.15, 0.2) is 0 Å². The van der Waals surface area contributed by atoms with E-state index in [4.69, 9.17) is 0 Å². The molecule has 0 atom stereocenters. The van der Waals surface area contributed by atoms with Crippen LogP contribution in [0.4, 0.5) is 5.82 Å². The Bertz CT molecular complexity index is 669. The van der Waals surface area contributed by atoms with Crippen LogP contribution in [0.25, 0.3) is 0 Å². The number of carbonyl (C=O) groups excluding carboxylic acids is 1. The molecule has 6 nitrogen and oxygen atoms in total. The van der Waals surface area contributed by atoms with Gasteiger partial charge in [0.1, 0.15) is 5.82 Å². The van der Waals surface area contributed by atoms with E-state index in [1.807, 2.05) is 18.3 Å². The Balaban J connectivity index is 1.64. The van der Waals surface area contributed by atoms with Crippen LogP contribution in [0.2, 0.25) is 0 Å². The quantitative estimate of drug-likeness (QED) is 0.943. The zero-order chi connectivity index (χ0) is 16.4. The Morgan fingerprint density at radius 3 is 2.52 bits per heavy atom. The molecular weight excluding hydrogens is 290 g/mol. The van der Waals surface area contributed by atoms with Crippen molar-refractivity contribution in [3.05, 3.63) is 41.3 Å². The van der Waals surface area contributed by atoms with E-state index in [-0.39, 0.29) is 5.91 Å². The second kappa shape index (κ2) is 6.40. The average molecular weight is 313 g/mol. The third-order valence-corrected chi connectivity index (χ3v) is 4.53. The number of rotatable bonds is 3. The lowest BCUT2D eigenvalue weighted by Gasteiger charge is -2.32. The van der Waals surface area contributed by atoms with E-state index >= 15 is 0 Å². The molecule has 3 heterocycles. The van der Waals surface area contributed by atoms with Crippen LogP contribution in [0.1, 0.15) is 40.4 Å². The topological polar surface area (TPSA) is 65.1 Å². The van der Waals surface area contributed by atoms with Gasteiger partial charge in [-0.15, -0.1) is 0 Å². The summed E-state index contributed by atoms with van der Waals surface area (Å²) >= 11 is 0. The number of hydrogen-bond acceptors (Lipinski definition) is 4. The molecule has 1 aliphatic rings. The lowest BCUT2D eigenvalue weighted by atomic mass is 9.90. The van der Waals surface area contributed by atoms with Gasteiger partial charge in [0, 0.05) is 39.1 Å². The van der Waals surface area contributed by atoms with Crippen molar-refractivity contribution in [2.45, 2.75) is 25.7 Å². The number of aryl methyl sites for hydroxylation is 1. The predicted molar refractivity (Wildman–Crippen MR) is 89.8 cm³/mol. The summed E-state index contributed by atoms with van der Waals surface area (Å²) in [7, 11) is 3.50. The van der Waals surface area contributed by atoms with E-state index in [2.05, 4.69) is 27.0 Å². The lowest BCUT2D eigenvalue weighted by molar-refractivity contribution is 0.0827. The van der Waals surface area contributed by atoms with Gasteiger partial charge in [-0.1, -0.05) is 0 Å². The Labute approximate surface area is 136 Å². The summed E-state index contributed by atoms with van der Waals surface area (Å²) in [5.41, 5.74) is 3.14. The SMILES string of the molecule is Cc1[nH]ncc1C1CCN(c2ccc(C(=O)N(C)C)cn2)CC1. The summed E-state index contributed by atoms with van der Waals surface area (Å²) in [6.45, 7) is 4.03. The number of H-pyrrole nitrogens is 1. The van der Waals surface area contributed by atoms with Gasteiger partial charge < -0.3 is 9.80 Å². The van der Waals surface area contributed by atoms with Crippen molar-refractivity contribution in [2.24, 2.45) is 0 Å². The molecule has 0 bridgehead atoms. The Morgan fingerprint density at radius 2 is 2.00 bits per heavy atom. The van der Waals surface area contributed by atoms with Crippen molar-refractivity contribution in [3.63, 3.8) is 0 Å². The number of piperidine rings is 1. The summed E-state index contributed by atoms with van der Waals surface area (Å²) in [5.74, 6) is 1.50. The third-order valence-electron chi connectivity index (χ3n) is 4.53. The van der Waals surface area contributed by atoms with Crippen molar-refractivity contribution in [1.29, 1.82) is 0 Å². The standard InChI is InChI=1S/C17H23N5O/c1-12-15(11-19-20-12)13-6-8-22(9-7-13)16-5-4-14(10-18-16)17(23)21(2)3/h4-5,10-11,13H,6-9H2,1-3H3,(H,19,20). The highest BCUT2D eigenvalue weighted by atomic mass is 16.2. The molecule has 1 saturated heterocycles. The number of pyridine rings is 1. The van der Waals surface area contributed by atoms with Crippen LogP contribution in [-0.2, 0) is 0 Å². The Hall–Kier alpha value is -2.37. The van der Waals surface area contributed by atoms with E-state index < -0.39 is 0 Å². The van der Waals surface area contributed by atoms with Crippen LogP contribution < -0.4 is 4.90 Å². The van der Waals surface area contributed by atoms with Gasteiger partial charge in [-0.05, 0) is 43.4 Å². The van der Waals surface area contributed by atoms with E-state index in [1.165, 1.54) is 11.3 Å². The van der Waals surface area contributed by atoms with Crippen molar-refractivity contribution in [3.8, 4) is 0 Å². The Kier molecular flexibility index (Phi) is 4.32. The van der Waals surface area contributed by atoms with E-state index in [0.717, 1.165) is 31.7 Å². The summed E-state index contributed by atoms with van der Waals surface area (Å²) in [6, 6.07) is 3.80. The molecule has 3 rings (SSSR count). The Morgan fingerprint density at radius 1 is 1.26 bits per heavy atom. The number of aromatic nitrogens is 3. The maximum absolute atomic E-state index is 11.9. The highest BCUT2D eigenvalue weighted by Crippen LogP contribution is 2.30. The molecule has 1 N–H and O–H groups in total. The van der Waals surface area contributed by atoms with Gasteiger partial charge in [-0.2, -0.15) is 5.10 Å². The summed E-state index contributed by atoms with van der Waals surface area (Å²) < 4.78 is 0. The maximum atomic E-state index is 11.9. The lowest BCUT2D eigenvalue weighted by Crippen LogP contribution is -2.33. The van der Waals surface area contributed by atoms with Crippen LogP contribution >= 0.6 is 0 Å².